The number of halogens is 1. The molecule has 2 aromatic carbocycles. The van der Waals surface area contributed by atoms with Gasteiger partial charge in [0.2, 0.25) is 0 Å². The average Bonchev–Trinajstić information content (AvgIpc) is 2.45. The predicted molar refractivity (Wildman–Crippen MR) is 86.0 cm³/mol. The van der Waals surface area contributed by atoms with Crippen LogP contribution in [0.2, 0.25) is 5.02 Å². The van der Waals surface area contributed by atoms with Gasteiger partial charge in [0, 0.05) is 23.0 Å². The number of carbonyl (C=O) groups excluding carboxylic acids is 1. The minimum Gasteiger partial charge on any atom is -0.314 e. The third-order valence-corrected chi connectivity index (χ3v) is 4.21. The Morgan fingerprint density at radius 1 is 1.05 bits per heavy atom. The number of rotatable bonds is 5. The summed E-state index contributed by atoms with van der Waals surface area (Å²) in [5.74, 6) is 0.125. The lowest BCUT2D eigenvalue weighted by molar-refractivity contribution is 0.0993. The molecule has 1 atom stereocenters. The number of hydrogen-bond donors (Lipinski definition) is 1. The Balaban J connectivity index is 1.61. The Bertz CT molecular complexity index is 615. The molecule has 2 nitrogen and oxygen atoms in total. The van der Waals surface area contributed by atoms with Gasteiger partial charge >= 0.3 is 0 Å². The fourth-order valence-corrected chi connectivity index (χ4v) is 2.65. The molecular weight excluding hydrogens is 282 g/mol. The SMILES string of the molecule is O=C(Cc1ccc(C[C@H]2CCN2)cc1)c1ccc(Cl)cc1. The number of carbonyl (C=O) groups is 1. The summed E-state index contributed by atoms with van der Waals surface area (Å²) in [6.07, 6.45) is 2.77. The summed E-state index contributed by atoms with van der Waals surface area (Å²) < 4.78 is 0. The molecule has 3 rings (SSSR count). The maximum atomic E-state index is 12.2. The standard InChI is InChI=1S/C18H18ClNO/c19-16-7-5-15(6-8-16)18(21)12-14-3-1-13(2-4-14)11-17-9-10-20-17/h1-8,17,20H,9-12H2/t17-/m1/s1. The van der Waals surface area contributed by atoms with Crippen molar-refractivity contribution in [2.45, 2.75) is 25.3 Å². The van der Waals surface area contributed by atoms with Crippen LogP contribution >= 0.6 is 11.6 Å². The van der Waals surface area contributed by atoms with Crippen LogP contribution in [0.1, 0.15) is 27.9 Å². The van der Waals surface area contributed by atoms with E-state index < -0.39 is 0 Å². The summed E-state index contributed by atoms with van der Waals surface area (Å²) in [7, 11) is 0. The molecule has 0 unspecified atom stereocenters. The van der Waals surface area contributed by atoms with Crippen LogP contribution in [0, 0.1) is 0 Å². The third kappa shape index (κ3) is 3.72. The first kappa shape index (κ1) is 14.3. The summed E-state index contributed by atoms with van der Waals surface area (Å²) in [5, 5.41) is 4.06. The van der Waals surface area contributed by atoms with Gasteiger partial charge in [0.25, 0.3) is 0 Å². The molecule has 0 saturated carbocycles. The highest BCUT2D eigenvalue weighted by molar-refractivity contribution is 6.30. The molecule has 0 bridgehead atoms. The van der Waals surface area contributed by atoms with E-state index in [2.05, 4.69) is 29.6 Å². The highest BCUT2D eigenvalue weighted by atomic mass is 35.5. The fourth-order valence-electron chi connectivity index (χ4n) is 2.52. The summed E-state index contributed by atoms with van der Waals surface area (Å²) in [6.45, 7) is 1.14. The molecule has 1 aliphatic rings. The highest BCUT2D eigenvalue weighted by Gasteiger charge is 2.16. The quantitative estimate of drug-likeness (QED) is 0.854. The van der Waals surface area contributed by atoms with E-state index >= 15 is 0 Å². The lowest BCUT2D eigenvalue weighted by Crippen LogP contribution is -2.44. The topological polar surface area (TPSA) is 29.1 Å². The van der Waals surface area contributed by atoms with E-state index in [-0.39, 0.29) is 5.78 Å². The summed E-state index contributed by atoms with van der Waals surface area (Å²) in [6, 6.07) is 16.1. The van der Waals surface area contributed by atoms with Gasteiger partial charge in [0.05, 0.1) is 0 Å². The van der Waals surface area contributed by atoms with Crippen molar-refractivity contribution in [1.82, 2.24) is 5.32 Å². The van der Waals surface area contributed by atoms with Crippen LogP contribution in [0.4, 0.5) is 0 Å². The predicted octanol–water partition coefficient (Wildman–Crippen LogP) is 3.67. The van der Waals surface area contributed by atoms with Crippen LogP contribution in [0.15, 0.2) is 48.5 Å². The largest absolute Gasteiger partial charge is 0.314 e. The molecule has 1 fully saturated rings. The smallest absolute Gasteiger partial charge is 0.167 e. The molecule has 1 heterocycles. The fraction of sp³-hybridized carbons (Fsp3) is 0.278. The van der Waals surface area contributed by atoms with Crippen LogP contribution in [0.25, 0.3) is 0 Å². The Morgan fingerprint density at radius 2 is 1.67 bits per heavy atom. The zero-order chi connectivity index (χ0) is 14.7. The van der Waals surface area contributed by atoms with E-state index in [4.69, 9.17) is 11.6 Å². The van der Waals surface area contributed by atoms with Gasteiger partial charge in [-0.25, -0.2) is 0 Å². The summed E-state index contributed by atoms with van der Waals surface area (Å²) in [4.78, 5) is 12.2. The van der Waals surface area contributed by atoms with Crippen LogP contribution in [-0.2, 0) is 12.8 Å². The Morgan fingerprint density at radius 3 is 2.24 bits per heavy atom. The second-order valence-electron chi connectivity index (χ2n) is 5.57. The molecule has 1 N–H and O–H groups in total. The Labute approximate surface area is 130 Å². The van der Waals surface area contributed by atoms with Gasteiger partial charge in [-0.1, -0.05) is 35.9 Å². The van der Waals surface area contributed by atoms with Crippen molar-refractivity contribution in [2.75, 3.05) is 6.54 Å². The van der Waals surface area contributed by atoms with Gasteiger partial charge in [-0.15, -0.1) is 0 Å². The Hall–Kier alpha value is -1.64. The highest BCUT2D eigenvalue weighted by Crippen LogP contribution is 2.15. The zero-order valence-electron chi connectivity index (χ0n) is 11.8. The Kier molecular flexibility index (Phi) is 4.37. The maximum Gasteiger partial charge on any atom is 0.167 e. The van der Waals surface area contributed by atoms with E-state index in [0.717, 1.165) is 18.5 Å². The lowest BCUT2D eigenvalue weighted by atomic mass is 9.96. The summed E-state index contributed by atoms with van der Waals surface area (Å²) >= 11 is 5.84. The summed E-state index contributed by atoms with van der Waals surface area (Å²) in [5.41, 5.74) is 3.09. The number of nitrogens with one attached hydrogen (secondary N) is 1. The molecule has 2 aromatic rings. The molecule has 0 aliphatic carbocycles. The molecule has 0 radical (unpaired) electrons. The molecule has 21 heavy (non-hydrogen) atoms. The van der Waals surface area contributed by atoms with Gasteiger partial charge < -0.3 is 5.32 Å². The van der Waals surface area contributed by atoms with Crippen molar-refractivity contribution < 1.29 is 4.79 Å². The van der Waals surface area contributed by atoms with Crippen molar-refractivity contribution in [2.24, 2.45) is 0 Å². The second kappa shape index (κ2) is 6.42. The van der Waals surface area contributed by atoms with E-state index in [1.54, 1.807) is 24.3 Å². The van der Waals surface area contributed by atoms with Gasteiger partial charge in [0.15, 0.2) is 5.78 Å². The molecule has 3 heteroatoms. The number of ketones is 1. The van der Waals surface area contributed by atoms with E-state index in [9.17, 15) is 4.79 Å². The van der Waals surface area contributed by atoms with Gasteiger partial charge in [-0.2, -0.15) is 0 Å². The van der Waals surface area contributed by atoms with E-state index in [1.807, 2.05) is 0 Å². The molecule has 1 saturated heterocycles. The first-order valence-electron chi connectivity index (χ1n) is 7.31. The van der Waals surface area contributed by atoms with Crippen LogP contribution in [-0.4, -0.2) is 18.4 Å². The number of benzene rings is 2. The normalized spacial score (nSPS) is 17.3. The second-order valence-corrected chi connectivity index (χ2v) is 6.00. The first-order chi connectivity index (χ1) is 10.2. The molecule has 0 spiro atoms. The van der Waals surface area contributed by atoms with Gasteiger partial charge in [-0.3, -0.25) is 4.79 Å². The van der Waals surface area contributed by atoms with Crippen molar-refractivity contribution in [3.05, 3.63) is 70.2 Å². The van der Waals surface area contributed by atoms with Crippen LogP contribution in [0.3, 0.4) is 0 Å². The van der Waals surface area contributed by atoms with E-state index in [0.29, 0.717) is 23.0 Å². The van der Waals surface area contributed by atoms with E-state index in [1.165, 1.54) is 12.0 Å². The van der Waals surface area contributed by atoms with Crippen LogP contribution < -0.4 is 5.32 Å². The average molecular weight is 300 g/mol. The minimum atomic E-state index is 0.125. The molecule has 1 aliphatic heterocycles. The van der Waals surface area contributed by atoms with Crippen molar-refractivity contribution in [3.8, 4) is 0 Å². The lowest BCUT2D eigenvalue weighted by Gasteiger charge is -2.27. The van der Waals surface area contributed by atoms with Crippen molar-refractivity contribution in [3.63, 3.8) is 0 Å². The van der Waals surface area contributed by atoms with Crippen LogP contribution in [0.5, 0.6) is 0 Å². The molecular formula is C18H18ClNO. The van der Waals surface area contributed by atoms with Gasteiger partial charge in [-0.05, 0) is 54.8 Å². The number of Topliss-reactive ketones (excluding diaryl/α,β-unsaturated/α-hetero) is 1. The molecule has 0 amide bonds. The monoisotopic (exact) mass is 299 g/mol. The minimum absolute atomic E-state index is 0.125. The molecule has 108 valence electrons. The maximum absolute atomic E-state index is 12.2. The zero-order valence-corrected chi connectivity index (χ0v) is 12.6. The molecule has 0 aromatic heterocycles. The van der Waals surface area contributed by atoms with Gasteiger partial charge in [0.1, 0.15) is 0 Å². The first-order valence-corrected chi connectivity index (χ1v) is 7.68. The van der Waals surface area contributed by atoms with Crippen molar-refractivity contribution in [1.29, 1.82) is 0 Å². The van der Waals surface area contributed by atoms with Crippen molar-refractivity contribution >= 4 is 17.4 Å². The number of hydrogen-bond acceptors (Lipinski definition) is 2. The third-order valence-electron chi connectivity index (χ3n) is 3.96.